The number of aromatic nitrogens is 3. The van der Waals surface area contributed by atoms with Crippen LogP contribution in [0.5, 0.6) is 0 Å². The fourth-order valence-electron chi connectivity index (χ4n) is 2.34. The molecule has 2 N–H and O–H groups in total. The number of H-pyrrole nitrogens is 1. The summed E-state index contributed by atoms with van der Waals surface area (Å²) < 4.78 is 1.70. The molecule has 1 aromatic heterocycles. The van der Waals surface area contributed by atoms with E-state index in [-0.39, 0.29) is 5.69 Å². The zero-order valence-corrected chi connectivity index (χ0v) is 11.2. The Bertz CT molecular complexity index is 414. The summed E-state index contributed by atoms with van der Waals surface area (Å²) >= 11 is 1.74. The number of rotatable bonds is 4. The zero-order valence-electron chi connectivity index (χ0n) is 10.4. The molecular formula is C11H20N4OS. The highest BCUT2D eigenvalue weighted by Gasteiger charge is 2.23. The summed E-state index contributed by atoms with van der Waals surface area (Å²) in [6.45, 7) is 2.65. The molecule has 5 nitrogen and oxygen atoms in total. The molecule has 96 valence electrons. The van der Waals surface area contributed by atoms with E-state index in [4.69, 9.17) is 0 Å². The summed E-state index contributed by atoms with van der Waals surface area (Å²) in [5.41, 5.74) is -0.101. The third kappa shape index (κ3) is 2.93. The van der Waals surface area contributed by atoms with Gasteiger partial charge >= 0.3 is 5.69 Å². The Hall–Kier alpha value is -0.750. The van der Waals surface area contributed by atoms with E-state index in [9.17, 15) is 4.79 Å². The summed E-state index contributed by atoms with van der Waals surface area (Å²) in [6.07, 6.45) is 4.89. The van der Waals surface area contributed by atoms with Gasteiger partial charge in [0.2, 0.25) is 0 Å². The maximum Gasteiger partial charge on any atom is 0.343 e. The normalized spacial score (nSPS) is 25.1. The lowest BCUT2D eigenvalue weighted by atomic mass is 9.95. The van der Waals surface area contributed by atoms with Gasteiger partial charge in [-0.2, -0.15) is 0 Å². The number of nitrogens with zero attached hydrogens (tertiary/aromatic N) is 2. The Morgan fingerprint density at radius 2 is 2.41 bits per heavy atom. The molecule has 0 spiro atoms. The van der Waals surface area contributed by atoms with E-state index in [1.165, 1.54) is 19.3 Å². The predicted molar refractivity (Wildman–Crippen MR) is 69.5 cm³/mol. The highest BCUT2D eigenvalue weighted by atomic mass is 32.2. The van der Waals surface area contributed by atoms with Crippen molar-refractivity contribution in [3.63, 3.8) is 0 Å². The van der Waals surface area contributed by atoms with Gasteiger partial charge in [-0.25, -0.2) is 9.89 Å². The van der Waals surface area contributed by atoms with Gasteiger partial charge in [0, 0.05) is 17.8 Å². The number of hydrogen-bond acceptors (Lipinski definition) is 4. The van der Waals surface area contributed by atoms with Crippen molar-refractivity contribution in [1.29, 1.82) is 0 Å². The summed E-state index contributed by atoms with van der Waals surface area (Å²) in [5.74, 6) is 0. The van der Waals surface area contributed by atoms with Crippen molar-refractivity contribution >= 4 is 11.8 Å². The zero-order chi connectivity index (χ0) is 12.3. The van der Waals surface area contributed by atoms with Crippen LogP contribution in [0.25, 0.3) is 0 Å². The molecule has 2 atom stereocenters. The fraction of sp³-hybridized carbons (Fsp3) is 0.818. The van der Waals surface area contributed by atoms with Crippen LogP contribution >= 0.6 is 11.8 Å². The molecule has 0 radical (unpaired) electrons. The second-order valence-corrected chi connectivity index (χ2v) is 5.72. The van der Waals surface area contributed by atoms with Gasteiger partial charge in [0.25, 0.3) is 0 Å². The second-order valence-electron chi connectivity index (χ2n) is 4.45. The first-order valence-electron chi connectivity index (χ1n) is 6.23. The molecule has 1 aliphatic carbocycles. The van der Waals surface area contributed by atoms with E-state index < -0.39 is 0 Å². The summed E-state index contributed by atoms with van der Waals surface area (Å²) in [6, 6.07) is 0.613. The summed E-state index contributed by atoms with van der Waals surface area (Å²) in [5, 5.41) is 11.4. The third-order valence-electron chi connectivity index (χ3n) is 3.35. The van der Waals surface area contributed by atoms with Crippen LogP contribution in [0.2, 0.25) is 0 Å². The molecule has 17 heavy (non-hydrogen) atoms. The number of aromatic amines is 1. The van der Waals surface area contributed by atoms with Crippen molar-refractivity contribution in [3.05, 3.63) is 10.5 Å². The van der Waals surface area contributed by atoms with E-state index in [2.05, 4.69) is 15.5 Å². The second kappa shape index (κ2) is 5.73. The molecular weight excluding hydrogens is 236 g/mol. The van der Waals surface area contributed by atoms with Crippen molar-refractivity contribution in [3.8, 4) is 0 Å². The minimum Gasteiger partial charge on any atom is -0.317 e. The molecule has 6 heteroatoms. The smallest absolute Gasteiger partial charge is 0.317 e. The van der Waals surface area contributed by atoms with Gasteiger partial charge < -0.3 is 5.32 Å². The topological polar surface area (TPSA) is 62.7 Å². The molecule has 0 bridgehead atoms. The van der Waals surface area contributed by atoms with Crippen molar-refractivity contribution in [2.75, 3.05) is 7.05 Å². The van der Waals surface area contributed by atoms with E-state index in [0.29, 0.717) is 17.8 Å². The largest absolute Gasteiger partial charge is 0.343 e. The first-order chi connectivity index (χ1) is 8.24. The fourth-order valence-corrected chi connectivity index (χ4v) is 3.68. The summed E-state index contributed by atoms with van der Waals surface area (Å²) in [4.78, 5) is 11.5. The van der Waals surface area contributed by atoms with Gasteiger partial charge in [-0.15, -0.1) is 5.10 Å². The molecule has 0 aromatic carbocycles. The number of nitrogens with one attached hydrogen (secondary N) is 2. The Kier molecular flexibility index (Phi) is 4.28. The maximum atomic E-state index is 11.5. The molecule has 1 aromatic rings. The molecule has 1 heterocycles. The molecule has 0 saturated heterocycles. The molecule has 1 aliphatic rings. The molecule has 1 fully saturated rings. The first kappa shape index (κ1) is 12.7. The quantitative estimate of drug-likeness (QED) is 0.850. The van der Waals surface area contributed by atoms with Gasteiger partial charge in [0.15, 0.2) is 5.16 Å². The minimum atomic E-state index is -0.101. The van der Waals surface area contributed by atoms with Gasteiger partial charge in [0.1, 0.15) is 0 Å². The Morgan fingerprint density at radius 3 is 3.12 bits per heavy atom. The standard InChI is InChI=1S/C11H20N4OS/c1-3-15-10(16)13-14-11(15)17-9-6-4-5-8(7-9)12-2/h8-9,12H,3-7H2,1-2H3,(H,13,16). The van der Waals surface area contributed by atoms with Crippen LogP contribution in [-0.4, -0.2) is 33.1 Å². The van der Waals surface area contributed by atoms with Crippen molar-refractivity contribution in [1.82, 2.24) is 20.1 Å². The minimum absolute atomic E-state index is 0.101. The Morgan fingerprint density at radius 1 is 1.59 bits per heavy atom. The average Bonchev–Trinajstić information content (AvgIpc) is 2.70. The van der Waals surface area contributed by atoms with Gasteiger partial charge in [-0.05, 0) is 33.2 Å². The van der Waals surface area contributed by atoms with Crippen molar-refractivity contribution in [2.24, 2.45) is 0 Å². The molecule has 2 rings (SSSR count). The lowest BCUT2D eigenvalue weighted by Gasteiger charge is -2.27. The van der Waals surface area contributed by atoms with Crippen molar-refractivity contribution in [2.45, 2.75) is 55.6 Å². The highest BCUT2D eigenvalue weighted by molar-refractivity contribution is 7.99. The van der Waals surface area contributed by atoms with E-state index in [0.717, 1.165) is 11.6 Å². The van der Waals surface area contributed by atoms with Crippen LogP contribution in [0.15, 0.2) is 9.95 Å². The first-order valence-corrected chi connectivity index (χ1v) is 7.11. The average molecular weight is 256 g/mol. The number of hydrogen-bond donors (Lipinski definition) is 2. The SMILES string of the molecule is CCn1c(SC2CCCC(NC)C2)n[nH]c1=O. The third-order valence-corrected chi connectivity index (χ3v) is 4.63. The Labute approximate surface area is 105 Å². The lowest BCUT2D eigenvalue weighted by Crippen LogP contribution is -2.32. The lowest BCUT2D eigenvalue weighted by molar-refractivity contribution is 0.402. The van der Waals surface area contributed by atoms with Gasteiger partial charge in [0.05, 0.1) is 0 Å². The van der Waals surface area contributed by atoms with Gasteiger partial charge in [-0.3, -0.25) is 4.57 Å². The van der Waals surface area contributed by atoms with Crippen molar-refractivity contribution < 1.29 is 0 Å². The number of thioether (sulfide) groups is 1. The molecule has 1 saturated carbocycles. The van der Waals surface area contributed by atoms with Crippen LogP contribution in [0.3, 0.4) is 0 Å². The predicted octanol–water partition coefficient (Wildman–Crippen LogP) is 1.21. The van der Waals surface area contributed by atoms with Crippen LogP contribution in [0, 0.1) is 0 Å². The van der Waals surface area contributed by atoms with E-state index in [1.54, 1.807) is 16.3 Å². The van der Waals surface area contributed by atoms with Gasteiger partial charge in [-0.1, -0.05) is 18.2 Å². The Balaban J connectivity index is 2.02. The molecule has 0 aliphatic heterocycles. The van der Waals surface area contributed by atoms with E-state index >= 15 is 0 Å². The molecule has 0 amide bonds. The van der Waals surface area contributed by atoms with Crippen LogP contribution in [-0.2, 0) is 6.54 Å². The monoisotopic (exact) mass is 256 g/mol. The summed E-state index contributed by atoms with van der Waals surface area (Å²) in [7, 11) is 2.02. The maximum absolute atomic E-state index is 11.5. The van der Waals surface area contributed by atoms with Crippen LogP contribution < -0.4 is 11.0 Å². The van der Waals surface area contributed by atoms with E-state index in [1.807, 2.05) is 14.0 Å². The highest BCUT2D eigenvalue weighted by Crippen LogP contribution is 2.32. The van der Waals surface area contributed by atoms with Crippen LogP contribution in [0.1, 0.15) is 32.6 Å². The van der Waals surface area contributed by atoms with Crippen LogP contribution in [0.4, 0.5) is 0 Å². The molecule has 2 unspecified atom stereocenters.